The molecule has 12 heteroatoms. The van der Waals surface area contributed by atoms with E-state index in [2.05, 4.69) is 5.16 Å². The van der Waals surface area contributed by atoms with Gasteiger partial charge in [-0.05, 0) is 44.0 Å². The normalized spacial score (nSPS) is 21.5. The second kappa shape index (κ2) is 8.76. The van der Waals surface area contributed by atoms with Crippen molar-refractivity contribution in [2.75, 3.05) is 13.1 Å². The first-order valence-electron chi connectivity index (χ1n) is 10.8. The summed E-state index contributed by atoms with van der Waals surface area (Å²) < 4.78 is 76.8. The molecule has 0 unspecified atom stereocenters. The van der Waals surface area contributed by atoms with Crippen molar-refractivity contribution in [3.8, 4) is 0 Å². The molecule has 0 bridgehead atoms. The van der Waals surface area contributed by atoms with Crippen molar-refractivity contribution in [2.45, 2.75) is 50.2 Å². The van der Waals surface area contributed by atoms with E-state index in [1.165, 1.54) is 29.2 Å². The second-order valence-corrected chi connectivity index (χ2v) is 10.6. The Morgan fingerprint density at radius 3 is 2.11 bits per heavy atom. The summed E-state index contributed by atoms with van der Waals surface area (Å²) in [6.45, 7) is 4.68. The smallest absolute Gasteiger partial charge is 0.435 e. The second-order valence-electron chi connectivity index (χ2n) is 9.76. The van der Waals surface area contributed by atoms with Crippen molar-refractivity contribution >= 4 is 35.0 Å². The lowest BCUT2D eigenvalue weighted by Crippen LogP contribution is -2.59. The Morgan fingerprint density at radius 1 is 1.06 bits per heavy atom. The Balaban J connectivity index is 1.52. The van der Waals surface area contributed by atoms with Crippen LogP contribution in [0.3, 0.4) is 0 Å². The van der Waals surface area contributed by atoms with Crippen LogP contribution in [0, 0.1) is 5.82 Å². The van der Waals surface area contributed by atoms with Crippen molar-refractivity contribution in [3.63, 3.8) is 0 Å². The lowest BCUT2D eigenvalue weighted by Gasteiger charge is -2.44. The zero-order valence-electron chi connectivity index (χ0n) is 19.4. The fourth-order valence-corrected chi connectivity index (χ4v) is 4.49. The van der Waals surface area contributed by atoms with E-state index in [1.54, 1.807) is 20.8 Å². The Morgan fingerprint density at radius 2 is 1.61 bits per heavy atom. The summed E-state index contributed by atoms with van der Waals surface area (Å²) in [4.78, 5) is 18.2. The van der Waals surface area contributed by atoms with Crippen molar-refractivity contribution in [2.24, 2.45) is 5.16 Å². The number of halogens is 7. The fraction of sp³-hybridized carbons (Fsp3) is 0.417. The van der Waals surface area contributed by atoms with Gasteiger partial charge in [0.05, 0.1) is 28.8 Å². The van der Waals surface area contributed by atoms with Crippen LogP contribution in [0.25, 0.3) is 0 Å². The number of nitrogens with zero attached hydrogens (tertiary/aromatic N) is 2. The maximum absolute atomic E-state index is 15.3. The number of alkyl halides is 4. The van der Waals surface area contributed by atoms with E-state index in [0.29, 0.717) is 0 Å². The maximum atomic E-state index is 15.3. The SMILES string of the molecule is CC(C)(C)OC(=O)N1CC(F)(c2ccc(C3=NO[C@@](c4cc(Cl)c(F)c(Cl)c4)(C(F)(F)F)C3)cc2)C1. The van der Waals surface area contributed by atoms with Crippen LogP contribution < -0.4 is 0 Å². The average molecular weight is 551 g/mol. The highest BCUT2D eigenvalue weighted by Gasteiger charge is 2.62. The monoisotopic (exact) mass is 550 g/mol. The van der Waals surface area contributed by atoms with Gasteiger partial charge in [0.2, 0.25) is 0 Å². The Labute approximate surface area is 213 Å². The third-order valence-corrected chi connectivity index (χ3v) is 6.46. The molecule has 5 nitrogen and oxygen atoms in total. The summed E-state index contributed by atoms with van der Waals surface area (Å²) in [7, 11) is 0. The zero-order valence-corrected chi connectivity index (χ0v) is 20.9. The van der Waals surface area contributed by atoms with Crippen molar-refractivity contribution in [1.82, 2.24) is 4.90 Å². The topological polar surface area (TPSA) is 51.1 Å². The summed E-state index contributed by atoms with van der Waals surface area (Å²) in [5.41, 5.74) is -5.48. The fourth-order valence-electron chi connectivity index (χ4n) is 4.01. The molecule has 2 aromatic carbocycles. The quantitative estimate of drug-likeness (QED) is 0.301. The third kappa shape index (κ3) is 4.72. The molecule has 1 saturated heterocycles. The molecule has 194 valence electrons. The molecule has 0 radical (unpaired) electrons. The van der Waals surface area contributed by atoms with E-state index in [0.717, 1.165) is 12.1 Å². The van der Waals surface area contributed by atoms with Gasteiger partial charge in [-0.1, -0.05) is 52.6 Å². The molecular weight excluding hydrogens is 530 g/mol. The van der Waals surface area contributed by atoms with Gasteiger partial charge in [0.25, 0.3) is 5.60 Å². The zero-order chi connectivity index (χ0) is 26.7. The first-order valence-corrected chi connectivity index (χ1v) is 11.5. The van der Waals surface area contributed by atoms with Crippen LogP contribution in [0.5, 0.6) is 0 Å². The van der Waals surface area contributed by atoms with E-state index < -0.39 is 57.0 Å². The first-order chi connectivity index (χ1) is 16.5. The standard InChI is InChI=1S/C24H21Cl2F5N2O3/c1-21(2,3)35-20(34)33-11-22(28,12-33)14-6-4-13(5-7-14)18-10-23(36-32-18,24(29,30)31)15-8-16(25)19(27)17(26)9-15/h4-9H,10-12H2,1-3H3/t23-/m0/s1. The predicted molar refractivity (Wildman–Crippen MR) is 123 cm³/mol. The molecule has 1 atom stereocenters. The number of oxime groups is 1. The summed E-state index contributed by atoms with van der Waals surface area (Å²) in [6.07, 6.45) is -6.31. The molecule has 0 saturated carbocycles. The summed E-state index contributed by atoms with van der Waals surface area (Å²) >= 11 is 11.4. The molecule has 0 spiro atoms. The van der Waals surface area contributed by atoms with Crippen LogP contribution >= 0.6 is 23.2 Å². The van der Waals surface area contributed by atoms with Crippen molar-refractivity contribution in [1.29, 1.82) is 0 Å². The van der Waals surface area contributed by atoms with Crippen LogP contribution in [0.2, 0.25) is 10.0 Å². The van der Waals surface area contributed by atoms with Crippen molar-refractivity contribution in [3.05, 3.63) is 69.0 Å². The van der Waals surface area contributed by atoms with Gasteiger partial charge in [-0.25, -0.2) is 13.6 Å². The third-order valence-electron chi connectivity index (χ3n) is 5.91. The van der Waals surface area contributed by atoms with Crippen LogP contribution in [-0.4, -0.2) is 41.6 Å². The molecular formula is C24H21Cl2F5N2O3. The largest absolute Gasteiger partial charge is 0.444 e. The number of hydrogen-bond donors (Lipinski definition) is 0. The van der Waals surface area contributed by atoms with E-state index >= 15 is 4.39 Å². The molecule has 1 fully saturated rings. The highest BCUT2D eigenvalue weighted by Crippen LogP contribution is 2.50. The number of carbonyl (C=O) groups is 1. The van der Waals surface area contributed by atoms with Crippen LogP contribution in [0.15, 0.2) is 41.6 Å². The van der Waals surface area contributed by atoms with Gasteiger partial charge in [0.1, 0.15) is 5.60 Å². The number of hydrogen-bond acceptors (Lipinski definition) is 4. The summed E-state index contributed by atoms with van der Waals surface area (Å²) in [5, 5.41) is 2.46. The molecule has 0 N–H and O–H groups in total. The minimum absolute atomic E-state index is 0.0488. The van der Waals surface area contributed by atoms with Gasteiger partial charge in [0.15, 0.2) is 11.5 Å². The summed E-state index contributed by atoms with van der Waals surface area (Å²) in [5.74, 6) is -1.05. The van der Waals surface area contributed by atoms with Gasteiger partial charge in [-0.15, -0.1) is 0 Å². The molecule has 36 heavy (non-hydrogen) atoms. The molecule has 2 heterocycles. The van der Waals surface area contributed by atoms with Gasteiger partial charge >= 0.3 is 12.3 Å². The van der Waals surface area contributed by atoms with E-state index in [4.69, 9.17) is 32.8 Å². The molecule has 1 amide bonds. The Bertz CT molecular complexity index is 1200. The lowest BCUT2D eigenvalue weighted by molar-refractivity contribution is -0.275. The van der Waals surface area contributed by atoms with Gasteiger partial charge in [-0.2, -0.15) is 13.2 Å². The minimum atomic E-state index is -4.94. The molecule has 2 aromatic rings. The number of benzene rings is 2. The maximum Gasteiger partial charge on any atom is 0.435 e. The number of rotatable bonds is 3. The molecule has 2 aliphatic rings. The predicted octanol–water partition coefficient (Wildman–Crippen LogP) is 7.13. The highest BCUT2D eigenvalue weighted by atomic mass is 35.5. The molecule has 4 rings (SSSR count). The van der Waals surface area contributed by atoms with E-state index in [-0.39, 0.29) is 29.9 Å². The number of amides is 1. The van der Waals surface area contributed by atoms with Crippen LogP contribution in [-0.2, 0) is 20.8 Å². The highest BCUT2D eigenvalue weighted by molar-refractivity contribution is 6.35. The van der Waals surface area contributed by atoms with Gasteiger partial charge in [-0.3, -0.25) is 0 Å². The molecule has 2 aliphatic heterocycles. The Kier molecular flexibility index (Phi) is 6.44. The summed E-state index contributed by atoms with van der Waals surface area (Å²) in [6, 6.07) is 7.29. The number of likely N-dealkylation sites (tertiary alicyclic amines) is 1. The Hall–Kier alpha value is -2.59. The van der Waals surface area contributed by atoms with Crippen LogP contribution in [0.1, 0.15) is 43.9 Å². The number of ether oxygens (including phenoxy) is 1. The number of carbonyl (C=O) groups excluding carboxylic acids is 1. The van der Waals surface area contributed by atoms with Crippen LogP contribution in [0.4, 0.5) is 26.7 Å². The molecule has 0 aliphatic carbocycles. The minimum Gasteiger partial charge on any atom is -0.444 e. The average Bonchev–Trinajstić information content (AvgIpc) is 3.21. The molecule has 0 aromatic heterocycles. The van der Waals surface area contributed by atoms with Crippen molar-refractivity contribution < 1.29 is 36.3 Å². The van der Waals surface area contributed by atoms with Gasteiger partial charge < -0.3 is 14.5 Å². The van der Waals surface area contributed by atoms with E-state index in [1.807, 2.05) is 0 Å². The first kappa shape index (κ1) is 26.5. The van der Waals surface area contributed by atoms with Gasteiger partial charge in [0, 0.05) is 12.0 Å². The lowest BCUT2D eigenvalue weighted by atomic mass is 9.85. The van der Waals surface area contributed by atoms with E-state index in [9.17, 15) is 22.4 Å².